The Morgan fingerprint density at radius 2 is 2.14 bits per heavy atom. The second-order valence-electron chi connectivity index (χ2n) is 3.23. The normalized spacial score (nSPS) is 25.6. The molecule has 0 fully saturated rings. The highest BCUT2D eigenvalue weighted by Gasteiger charge is 2.19. The van der Waals surface area contributed by atoms with Crippen LogP contribution in [0.2, 0.25) is 0 Å². The summed E-state index contributed by atoms with van der Waals surface area (Å²) in [5, 5.41) is 0. The first kappa shape index (κ1) is 10.6. The SMILES string of the molecule is CC(=O)C1CCCC(=O)/C=C/C(=O)O1. The molecule has 0 spiro atoms. The van der Waals surface area contributed by atoms with E-state index in [0.717, 1.165) is 6.08 Å². The number of ether oxygens (including phenoxy) is 1. The van der Waals surface area contributed by atoms with E-state index in [0.29, 0.717) is 19.3 Å². The van der Waals surface area contributed by atoms with Crippen LogP contribution in [0.25, 0.3) is 0 Å². The van der Waals surface area contributed by atoms with Gasteiger partial charge in [0, 0.05) is 12.5 Å². The van der Waals surface area contributed by atoms with E-state index in [1.807, 2.05) is 0 Å². The van der Waals surface area contributed by atoms with Gasteiger partial charge in [-0.1, -0.05) is 0 Å². The summed E-state index contributed by atoms with van der Waals surface area (Å²) in [7, 11) is 0. The summed E-state index contributed by atoms with van der Waals surface area (Å²) >= 11 is 0. The maximum absolute atomic E-state index is 11.0. The molecule has 0 radical (unpaired) electrons. The highest BCUT2D eigenvalue weighted by molar-refractivity contribution is 5.97. The summed E-state index contributed by atoms with van der Waals surface area (Å²) in [5.74, 6) is -0.910. The third kappa shape index (κ3) is 3.12. The summed E-state index contributed by atoms with van der Waals surface area (Å²) in [6.07, 6.45) is 2.93. The van der Waals surface area contributed by atoms with Gasteiger partial charge in [0.15, 0.2) is 17.7 Å². The monoisotopic (exact) mass is 196 g/mol. The lowest BCUT2D eigenvalue weighted by atomic mass is 10.1. The molecule has 0 saturated carbocycles. The van der Waals surface area contributed by atoms with E-state index in [1.165, 1.54) is 13.0 Å². The van der Waals surface area contributed by atoms with E-state index in [-0.39, 0.29) is 11.6 Å². The van der Waals surface area contributed by atoms with E-state index in [4.69, 9.17) is 4.74 Å². The molecule has 0 amide bonds. The molecule has 0 aromatic rings. The van der Waals surface area contributed by atoms with Gasteiger partial charge in [-0.15, -0.1) is 0 Å². The van der Waals surface area contributed by atoms with Gasteiger partial charge in [0.25, 0.3) is 0 Å². The molecule has 4 nitrogen and oxygen atoms in total. The van der Waals surface area contributed by atoms with Crippen LogP contribution in [0.3, 0.4) is 0 Å². The fourth-order valence-corrected chi connectivity index (χ4v) is 1.23. The molecule has 0 aliphatic carbocycles. The Bertz CT molecular complexity index is 290. The third-order valence-corrected chi connectivity index (χ3v) is 2.01. The first-order chi connectivity index (χ1) is 6.59. The van der Waals surface area contributed by atoms with Gasteiger partial charge in [-0.25, -0.2) is 4.79 Å². The van der Waals surface area contributed by atoms with Crippen molar-refractivity contribution in [2.75, 3.05) is 0 Å². The maximum atomic E-state index is 11.0. The molecule has 0 bridgehead atoms. The topological polar surface area (TPSA) is 60.4 Å². The molecule has 0 saturated heterocycles. The molecule has 0 aromatic heterocycles. The van der Waals surface area contributed by atoms with Gasteiger partial charge in [-0.05, 0) is 25.8 Å². The third-order valence-electron chi connectivity index (χ3n) is 2.01. The number of hydrogen-bond acceptors (Lipinski definition) is 4. The number of Topliss-reactive ketones (excluding diaryl/α,β-unsaturated/α-hetero) is 1. The summed E-state index contributed by atoms with van der Waals surface area (Å²) < 4.78 is 4.85. The fourth-order valence-electron chi connectivity index (χ4n) is 1.23. The molecule has 4 heteroatoms. The molecule has 1 atom stereocenters. The van der Waals surface area contributed by atoms with E-state index >= 15 is 0 Å². The van der Waals surface area contributed by atoms with Gasteiger partial charge in [0.2, 0.25) is 0 Å². The number of hydrogen-bond donors (Lipinski definition) is 0. The van der Waals surface area contributed by atoms with E-state index in [1.54, 1.807) is 0 Å². The molecule has 1 aliphatic heterocycles. The minimum absolute atomic E-state index is 0.105. The summed E-state index contributed by atoms with van der Waals surface area (Å²) in [6.45, 7) is 1.38. The average Bonchev–Trinajstić information content (AvgIpc) is 2.19. The van der Waals surface area contributed by atoms with Crippen LogP contribution in [-0.4, -0.2) is 23.6 Å². The molecule has 1 aliphatic rings. The number of carbonyl (C=O) groups is 3. The summed E-state index contributed by atoms with van der Waals surface area (Å²) in [4.78, 5) is 33.1. The van der Waals surface area contributed by atoms with Crippen LogP contribution in [0.1, 0.15) is 26.2 Å². The quantitative estimate of drug-likeness (QED) is 0.582. The molecule has 14 heavy (non-hydrogen) atoms. The Labute approximate surface area is 81.9 Å². The minimum atomic E-state index is -0.696. The first-order valence-corrected chi connectivity index (χ1v) is 4.51. The lowest BCUT2D eigenvalue weighted by Crippen LogP contribution is -2.24. The highest BCUT2D eigenvalue weighted by atomic mass is 16.5. The minimum Gasteiger partial charge on any atom is -0.451 e. The molecule has 0 aromatic carbocycles. The number of esters is 1. The standard InChI is InChI=1S/C10H12O4/c1-7(11)9-4-2-3-8(12)5-6-10(13)14-9/h5-6,9H,2-4H2,1H3/b6-5+. The molecule has 76 valence electrons. The van der Waals surface area contributed by atoms with Crippen molar-refractivity contribution in [2.45, 2.75) is 32.3 Å². The van der Waals surface area contributed by atoms with Crippen molar-refractivity contribution in [2.24, 2.45) is 0 Å². The lowest BCUT2D eigenvalue weighted by molar-refractivity contribution is -0.150. The first-order valence-electron chi connectivity index (χ1n) is 4.51. The molecule has 1 heterocycles. The van der Waals surface area contributed by atoms with Gasteiger partial charge in [-0.3, -0.25) is 9.59 Å². The van der Waals surface area contributed by atoms with Crippen LogP contribution in [0.5, 0.6) is 0 Å². The largest absolute Gasteiger partial charge is 0.451 e. The number of allylic oxidation sites excluding steroid dienone is 1. The van der Waals surface area contributed by atoms with Crippen molar-refractivity contribution in [3.05, 3.63) is 12.2 Å². The smallest absolute Gasteiger partial charge is 0.331 e. The van der Waals surface area contributed by atoms with Gasteiger partial charge >= 0.3 is 5.97 Å². The molecule has 0 N–H and O–H groups in total. The molecule has 1 unspecified atom stereocenters. The maximum Gasteiger partial charge on any atom is 0.331 e. The van der Waals surface area contributed by atoms with Crippen LogP contribution in [0.15, 0.2) is 12.2 Å². The van der Waals surface area contributed by atoms with Gasteiger partial charge in [0.05, 0.1) is 0 Å². The molecular formula is C10H12O4. The van der Waals surface area contributed by atoms with Crippen LogP contribution >= 0.6 is 0 Å². The Morgan fingerprint density at radius 3 is 2.79 bits per heavy atom. The van der Waals surface area contributed by atoms with Gasteiger partial charge in [0.1, 0.15) is 0 Å². The van der Waals surface area contributed by atoms with Crippen LogP contribution < -0.4 is 0 Å². The van der Waals surface area contributed by atoms with Crippen molar-refractivity contribution in [1.29, 1.82) is 0 Å². The zero-order valence-electron chi connectivity index (χ0n) is 7.99. The van der Waals surface area contributed by atoms with Crippen LogP contribution in [-0.2, 0) is 19.1 Å². The zero-order valence-corrected chi connectivity index (χ0v) is 7.99. The van der Waals surface area contributed by atoms with E-state index in [2.05, 4.69) is 0 Å². The van der Waals surface area contributed by atoms with Crippen LogP contribution in [0.4, 0.5) is 0 Å². The van der Waals surface area contributed by atoms with Gasteiger partial charge < -0.3 is 4.74 Å². The lowest BCUT2D eigenvalue weighted by Gasteiger charge is -2.12. The Balaban J connectivity index is 2.70. The fraction of sp³-hybridized carbons (Fsp3) is 0.500. The number of carbonyl (C=O) groups excluding carboxylic acids is 3. The Morgan fingerprint density at radius 1 is 1.43 bits per heavy atom. The van der Waals surface area contributed by atoms with Crippen molar-refractivity contribution in [1.82, 2.24) is 0 Å². The summed E-state index contributed by atoms with van der Waals surface area (Å²) in [5.41, 5.74) is 0. The Kier molecular flexibility index (Phi) is 3.56. The Hall–Kier alpha value is -1.45. The van der Waals surface area contributed by atoms with E-state index < -0.39 is 12.1 Å². The predicted molar refractivity (Wildman–Crippen MR) is 48.6 cm³/mol. The molecular weight excluding hydrogens is 184 g/mol. The molecule has 1 rings (SSSR count). The summed E-state index contributed by atoms with van der Waals surface area (Å²) in [6, 6.07) is 0. The van der Waals surface area contributed by atoms with Crippen molar-refractivity contribution < 1.29 is 19.1 Å². The van der Waals surface area contributed by atoms with Crippen molar-refractivity contribution >= 4 is 17.5 Å². The zero-order chi connectivity index (χ0) is 10.6. The van der Waals surface area contributed by atoms with Gasteiger partial charge in [-0.2, -0.15) is 0 Å². The van der Waals surface area contributed by atoms with Crippen molar-refractivity contribution in [3.63, 3.8) is 0 Å². The van der Waals surface area contributed by atoms with E-state index in [9.17, 15) is 14.4 Å². The second kappa shape index (κ2) is 4.69. The highest BCUT2D eigenvalue weighted by Crippen LogP contribution is 2.10. The number of ketones is 2. The second-order valence-corrected chi connectivity index (χ2v) is 3.23. The number of rotatable bonds is 1. The van der Waals surface area contributed by atoms with Crippen molar-refractivity contribution in [3.8, 4) is 0 Å². The van der Waals surface area contributed by atoms with Crippen LogP contribution in [0, 0.1) is 0 Å². The average molecular weight is 196 g/mol. The predicted octanol–water partition coefficient (Wildman–Crippen LogP) is 0.796. The number of cyclic esters (lactones) is 1.